The Hall–Kier alpha value is -2.10. The van der Waals surface area contributed by atoms with Gasteiger partial charge in [-0.15, -0.1) is 0 Å². The largest absolute Gasteiger partial charge is 0.361 e. The summed E-state index contributed by atoms with van der Waals surface area (Å²) >= 11 is 0. The van der Waals surface area contributed by atoms with Crippen molar-refractivity contribution in [2.45, 2.75) is 59.3 Å². The van der Waals surface area contributed by atoms with E-state index in [2.05, 4.69) is 36.3 Å². The SMILES string of the molecule is Cc1ccc(CCC2CCN(C(=O)CCc3c(C)noc3C)CC2)cc1. The number of amides is 1. The monoisotopic (exact) mass is 354 g/mol. The van der Waals surface area contributed by atoms with E-state index in [1.807, 2.05) is 18.7 Å². The second-order valence-corrected chi connectivity index (χ2v) is 7.65. The molecule has 2 aromatic rings. The third-order valence-corrected chi connectivity index (χ3v) is 5.70. The molecule has 1 amide bonds. The summed E-state index contributed by atoms with van der Waals surface area (Å²) in [6.45, 7) is 7.79. The zero-order valence-electron chi connectivity index (χ0n) is 16.3. The van der Waals surface area contributed by atoms with Gasteiger partial charge in [-0.3, -0.25) is 4.79 Å². The molecule has 26 heavy (non-hydrogen) atoms. The number of hydrogen-bond donors (Lipinski definition) is 0. The number of benzene rings is 1. The molecule has 2 heterocycles. The average Bonchev–Trinajstić information content (AvgIpc) is 2.97. The normalized spacial score (nSPS) is 15.4. The Balaban J connectivity index is 1.40. The maximum absolute atomic E-state index is 12.5. The number of hydrogen-bond acceptors (Lipinski definition) is 3. The Morgan fingerprint density at radius 2 is 1.81 bits per heavy atom. The standard InChI is InChI=1S/C22H30N2O2/c1-16-4-6-19(7-5-16)8-9-20-12-14-24(15-13-20)22(25)11-10-21-17(2)23-26-18(21)3/h4-7,20H,8-15H2,1-3H3. The van der Waals surface area contributed by atoms with Crippen molar-refractivity contribution in [2.75, 3.05) is 13.1 Å². The van der Waals surface area contributed by atoms with E-state index < -0.39 is 0 Å². The summed E-state index contributed by atoms with van der Waals surface area (Å²) in [5.41, 5.74) is 4.74. The molecule has 0 spiro atoms. The predicted molar refractivity (Wildman–Crippen MR) is 103 cm³/mol. The lowest BCUT2D eigenvalue weighted by atomic mass is 9.90. The van der Waals surface area contributed by atoms with E-state index in [1.165, 1.54) is 17.5 Å². The van der Waals surface area contributed by atoms with Crippen LogP contribution in [0.3, 0.4) is 0 Å². The second kappa shape index (κ2) is 8.52. The van der Waals surface area contributed by atoms with Gasteiger partial charge in [0.2, 0.25) is 5.91 Å². The minimum Gasteiger partial charge on any atom is -0.361 e. The van der Waals surface area contributed by atoms with Crippen LogP contribution in [0.25, 0.3) is 0 Å². The van der Waals surface area contributed by atoms with E-state index in [0.29, 0.717) is 6.42 Å². The van der Waals surface area contributed by atoms with E-state index in [9.17, 15) is 4.79 Å². The van der Waals surface area contributed by atoms with Gasteiger partial charge in [-0.25, -0.2) is 0 Å². The summed E-state index contributed by atoms with van der Waals surface area (Å²) in [6, 6.07) is 8.86. The zero-order chi connectivity index (χ0) is 18.5. The first-order chi connectivity index (χ1) is 12.5. The van der Waals surface area contributed by atoms with Crippen LogP contribution in [0.1, 0.15) is 53.8 Å². The lowest BCUT2D eigenvalue weighted by molar-refractivity contribution is -0.132. The molecule has 0 saturated carbocycles. The van der Waals surface area contributed by atoms with Crippen LogP contribution in [0.15, 0.2) is 28.8 Å². The molecular formula is C22H30N2O2. The molecule has 4 nitrogen and oxygen atoms in total. The van der Waals surface area contributed by atoms with Crippen molar-refractivity contribution >= 4 is 5.91 Å². The Morgan fingerprint density at radius 1 is 1.12 bits per heavy atom. The fourth-order valence-corrected chi connectivity index (χ4v) is 3.85. The highest BCUT2D eigenvalue weighted by atomic mass is 16.5. The van der Waals surface area contributed by atoms with Gasteiger partial charge in [0.15, 0.2) is 0 Å². The highest BCUT2D eigenvalue weighted by Crippen LogP contribution is 2.23. The van der Waals surface area contributed by atoms with Gasteiger partial charge in [-0.2, -0.15) is 0 Å². The van der Waals surface area contributed by atoms with Gasteiger partial charge >= 0.3 is 0 Å². The van der Waals surface area contributed by atoms with Crippen molar-refractivity contribution in [3.63, 3.8) is 0 Å². The topological polar surface area (TPSA) is 46.3 Å². The van der Waals surface area contributed by atoms with Crippen molar-refractivity contribution < 1.29 is 9.32 Å². The Bertz CT molecular complexity index is 706. The molecule has 1 aromatic carbocycles. The number of carbonyl (C=O) groups is 1. The third kappa shape index (κ3) is 4.75. The number of aryl methyl sites for hydroxylation is 4. The van der Waals surface area contributed by atoms with E-state index in [1.54, 1.807) is 0 Å². The van der Waals surface area contributed by atoms with Gasteiger partial charge in [0, 0.05) is 25.1 Å². The predicted octanol–water partition coefficient (Wildman–Crippen LogP) is 4.40. The van der Waals surface area contributed by atoms with E-state index in [4.69, 9.17) is 4.52 Å². The van der Waals surface area contributed by atoms with Crippen LogP contribution >= 0.6 is 0 Å². The fraction of sp³-hybridized carbons (Fsp3) is 0.545. The van der Waals surface area contributed by atoms with Gasteiger partial charge < -0.3 is 9.42 Å². The Kier molecular flexibility index (Phi) is 6.12. The number of carbonyl (C=O) groups excluding carboxylic acids is 1. The van der Waals surface area contributed by atoms with Gasteiger partial charge in [-0.1, -0.05) is 35.0 Å². The minimum absolute atomic E-state index is 0.266. The molecule has 1 aliphatic heterocycles. The Morgan fingerprint density at radius 3 is 2.42 bits per heavy atom. The van der Waals surface area contributed by atoms with Gasteiger partial charge in [-0.05, 0) is 64.4 Å². The molecule has 1 aliphatic rings. The van der Waals surface area contributed by atoms with Crippen LogP contribution in [0, 0.1) is 26.7 Å². The maximum Gasteiger partial charge on any atom is 0.222 e. The van der Waals surface area contributed by atoms with Crippen LogP contribution < -0.4 is 0 Å². The number of piperidine rings is 1. The molecule has 0 unspecified atom stereocenters. The van der Waals surface area contributed by atoms with Crippen LogP contribution in [-0.2, 0) is 17.6 Å². The van der Waals surface area contributed by atoms with E-state index in [-0.39, 0.29) is 5.91 Å². The lowest BCUT2D eigenvalue weighted by Crippen LogP contribution is -2.38. The van der Waals surface area contributed by atoms with Gasteiger partial charge in [0.05, 0.1) is 5.69 Å². The quantitative estimate of drug-likeness (QED) is 0.772. The number of rotatable bonds is 6. The zero-order valence-corrected chi connectivity index (χ0v) is 16.3. The van der Waals surface area contributed by atoms with E-state index in [0.717, 1.165) is 61.7 Å². The summed E-state index contributed by atoms with van der Waals surface area (Å²) in [6.07, 6.45) is 5.91. The Labute approximate surface area is 156 Å². The summed E-state index contributed by atoms with van der Waals surface area (Å²) in [5, 5.41) is 3.97. The van der Waals surface area contributed by atoms with Crippen molar-refractivity contribution in [1.82, 2.24) is 10.1 Å². The minimum atomic E-state index is 0.266. The van der Waals surface area contributed by atoms with Crippen molar-refractivity contribution in [3.8, 4) is 0 Å². The molecule has 0 N–H and O–H groups in total. The summed E-state index contributed by atoms with van der Waals surface area (Å²) < 4.78 is 5.18. The maximum atomic E-state index is 12.5. The molecule has 4 heteroatoms. The highest BCUT2D eigenvalue weighted by molar-refractivity contribution is 5.76. The fourth-order valence-electron chi connectivity index (χ4n) is 3.85. The molecule has 140 valence electrons. The summed E-state index contributed by atoms with van der Waals surface area (Å²) in [5.74, 6) is 1.84. The van der Waals surface area contributed by atoms with Crippen molar-refractivity contribution in [3.05, 3.63) is 52.4 Å². The van der Waals surface area contributed by atoms with E-state index >= 15 is 0 Å². The summed E-state index contributed by atoms with van der Waals surface area (Å²) in [4.78, 5) is 14.6. The van der Waals surface area contributed by atoms with Crippen LogP contribution in [0.5, 0.6) is 0 Å². The van der Waals surface area contributed by atoms with Crippen LogP contribution in [-0.4, -0.2) is 29.1 Å². The van der Waals surface area contributed by atoms with Crippen LogP contribution in [0.2, 0.25) is 0 Å². The molecule has 0 bridgehead atoms. The number of likely N-dealkylation sites (tertiary alicyclic amines) is 1. The molecule has 1 saturated heterocycles. The highest BCUT2D eigenvalue weighted by Gasteiger charge is 2.23. The first-order valence-corrected chi connectivity index (χ1v) is 9.78. The molecule has 3 rings (SSSR count). The van der Waals surface area contributed by atoms with Crippen molar-refractivity contribution in [1.29, 1.82) is 0 Å². The second-order valence-electron chi connectivity index (χ2n) is 7.65. The third-order valence-electron chi connectivity index (χ3n) is 5.70. The van der Waals surface area contributed by atoms with Gasteiger partial charge in [0.1, 0.15) is 5.76 Å². The van der Waals surface area contributed by atoms with Crippen molar-refractivity contribution in [2.24, 2.45) is 5.92 Å². The molecule has 1 aromatic heterocycles. The van der Waals surface area contributed by atoms with Crippen LogP contribution in [0.4, 0.5) is 0 Å². The first-order valence-electron chi connectivity index (χ1n) is 9.78. The molecule has 0 radical (unpaired) electrons. The molecule has 1 fully saturated rings. The molecular weight excluding hydrogens is 324 g/mol. The summed E-state index contributed by atoms with van der Waals surface area (Å²) in [7, 11) is 0. The first kappa shape index (κ1) is 18.7. The smallest absolute Gasteiger partial charge is 0.222 e. The lowest BCUT2D eigenvalue weighted by Gasteiger charge is -2.32. The average molecular weight is 354 g/mol. The number of nitrogens with zero attached hydrogens (tertiary/aromatic N) is 2. The molecule has 0 aliphatic carbocycles. The molecule has 0 atom stereocenters. The number of aromatic nitrogens is 1. The van der Waals surface area contributed by atoms with Gasteiger partial charge in [0.25, 0.3) is 0 Å².